The van der Waals surface area contributed by atoms with Crippen molar-refractivity contribution in [1.29, 1.82) is 0 Å². The smallest absolute Gasteiger partial charge is 0.216 e. The van der Waals surface area contributed by atoms with Crippen molar-refractivity contribution in [3.8, 4) is 11.8 Å². The Hall–Kier alpha value is -2.15. The molecule has 0 aliphatic heterocycles. The summed E-state index contributed by atoms with van der Waals surface area (Å²) in [6.07, 6.45) is 2.85. The molecule has 1 aromatic heterocycles. The first-order valence-electron chi connectivity index (χ1n) is 4.87. The maximum atomic E-state index is 10.6. The van der Waals surface area contributed by atoms with E-state index in [1.165, 1.54) is 6.92 Å². The molecule has 16 heavy (non-hydrogen) atoms. The second-order valence-electron chi connectivity index (χ2n) is 3.09. The van der Waals surface area contributed by atoms with Gasteiger partial charge in [0.15, 0.2) is 6.29 Å². The minimum Gasteiger partial charge on any atom is -0.355 e. The number of amides is 1. The van der Waals surface area contributed by atoms with Crippen molar-refractivity contribution in [2.75, 3.05) is 6.54 Å². The van der Waals surface area contributed by atoms with Gasteiger partial charge in [-0.3, -0.25) is 9.59 Å². The fourth-order valence-electron chi connectivity index (χ4n) is 1.06. The van der Waals surface area contributed by atoms with Crippen LogP contribution in [0.15, 0.2) is 18.3 Å². The lowest BCUT2D eigenvalue weighted by atomic mass is 10.2. The molecule has 1 amide bonds. The van der Waals surface area contributed by atoms with E-state index in [-0.39, 0.29) is 5.91 Å². The van der Waals surface area contributed by atoms with Gasteiger partial charge >= 0.3 is 0 Å². The molecule has 0 spiro atoms. The number of hydrogen-bond donors (Lipinski definition) is 1. The maximum absolute atomic E-state index is 10.6. The lowest BCUT2D eigenvalue weighted by Gasteiger charge is -1.95. The van der Waals surface area contributed by atoms with Gasteiger partial charge in [-0.05, 0) is 18.1 Å². The van der Waals surface area contributed by atoms with Crippen LogP contribution in [0.25, 0.3) is 0 Å². The van der Waals surface area contributed by atoms with E-state index in [9.17, 15) is 9.59 Å². The third-order valence-corrected chi connectivity index (χ3v) is 1.80. The molecule has 0 atom stereocenters. The van der Waals surface area contributed by atoms with Crippen LogP contribution in [-0.2, 0) is 4.79 Å². The number of carbonyl (C=O) groups is 2. The average molecular weight is 216 g/mol. The van der Waals surface area contributed by atoms with Crippen LogP contribution in [0.3, 0.4) is 0 Å². The molecule has 0 bridgehead atoms. The molecule has 1 N–H and O–H groups in total. The summed E-state index contributed by atoms with van der Waals surface area (Å²) in [5.74, 6) is 5.56. The Bertz CT molecular complexity index is 444. The Morgan fingerprint density at radius 2 is 2.44 bits per heavy atom. The van der Waals surface area contributed by atoms with E-state index in [2.05, 4.69) is 22.1 Å². The van der Waals surface area contributed by atoms with E-state index >= 15 is 0 Å². The molecule has 4 nitrogen and oxygen atoms in total. The molecule has 1 rings (SSSR count). The summed E-state index contributed by atoms with van der Waals surface area (Å²) in [5.41, 5.74) is 0.954. The van der Waals surface area contributed by atoms with Gasteiger partial charge in [-0.2, -0.15) is 0 Å². The normalized spacial score (nSPS) is 8.81. The van der Waals surface area contributed by atoms with Crippen molar-refractivity contribution >= 4 is 12.2 Å². The van der Waals surface area contributed by atoms with Gasteiger partial charge in [-0.15, -0.1) is 0 Å². The largest absolute Gasteiger partial charge is 0.355 e. The molecular formula is C12H12N2O2. The Balaban J connectivity index is 2.56. The number of pyridine rings is 1. The molecule has 4 heteroatoms. The monoisotopic (exact) mass is 216 g/mol. The van der Waals surface area contributed by atoms with Gasteiger partial charge in [0, 0.05) is 31.6 Å². The Kier molecular flexibility index (Phi) is 4.74. The summed E-state index contributed by atoms with van der Waals surface area (Å²) in [4.78, 5) is 25.2. The van der Waals surface area contributed by atoms with Crippen LogP contribution in [0.4, 0.5) is 0 Å². The van der Waals surface area contributed by atoms with E-state index < -0.39 is 0 Å². The van der Waals surface area contributed by atoms with E-state index in [4.69, 9.17) is 0 Å². The van der Waals surface area contributed by atoms with Crippen LogP contribution in [0, 0.1) is 11.8 Å². The van der Waals surface area contributed by atoms with Crippen molar-refractivity contribution in [1.82, 2.24) is 10.3 Å². The van der Waals surface area contributed by atoms with Crippen LogP contribution in [0.2, 0.25) is 0 Å². The predicted octanol–water partition coefficient (Wildman–Crippen LogP) is 0.772. The van der Waals surface area contributed by atoms with E-state index in [1.54, 1.807) is 18.3 Å². The van der Waals surface area contributed by atoms with Gasteiger partial charge in [0.25, 0.3) is 0 Å². The third-order valence-electron chi connectivity index (χ3n) is 1.80. The highest BCUT2D eigenvalue weighted by Crippen LogP contribution is 1.99. The zero-order valence-electron chi connectivity index (χ0n) is 8.99. The minimum atomic E-state index is -0.0757. The third kappa shape index (κ3) is 3.93. The fourth-order valence-corrected chi connectivity index (χ4v) is 1.06. The quantitative estimate of drug-likeness (QED) is 0.461. The van der Waals surface area contributed by atoms with Crippen LogP contribution < -0.4 is 5.32 Å². The first-order valence-corrected chi connectivity index (χ1v) is 4.87. The topological polar surface area (TPSA) is 59.1 Å². The second kappa shape index (κ2) is 6.36. The molecular weight excluding hydrogens is 204 g/mol. The number of rotatable bonds is 3. The number of nitrogens with zero attached hydrogens (tertiary/aromatic N) is 1. The summed E-state index contributed by atoms with van der Waals surface area (Å²) in [6.45, 7) is 1.96. The van der Waals surface area contributed by atoms with Crippen molar-refractivity contribution < 1.29 is 9.59 Å². The summed E-state index contributed by atoms with van der Waals surface area (Å²) in [7, 11) is 0. The van der Waals surface area contributed by atoms with Gasteiger partial charge in [-0.1, -0.05) is 5.92 Å². The molecule has 0 fully saturated rings. The van der Waals surface area contributed by atoms with Crippen LogP contribution in [0.1, 0.15) is 29.4 Å². The SMILES string of the molecule is CC(=O)NCCC#Cc1ncccc1C=O. The van der Waals surface area contributed by atoms with Gasteiger partial charge in [0.05, 0.1) is 0 Å². The summed E-state index contributed by atoms with van der Waals surface area (Å²) < 4.78 is 0. The maximum Gasteiger partial charge on any atom is 0.216 e. The average Bonchev–Trinajstić information content (AvgIpc) is 2.29. The van der Waals surface area contributed by atoms with Gasteiger partial charge in [-0.25, -0.2) is 4.98 Å². The molecule has 82 valence electrons. The number of carbonyl (C=O) groups excluding carboxylic acids is 2. The summed E-state index contributed by atoms with van der Waals surface area (Å²) >= 11 is 0. The molecule has 0 aromatic carbocycles. The van der Waals surface area contributed by atoms with Crippen molar-refractivity contribution in [2.24, 2.45) is 0 Å². The van der Waals surface area contributed by atoms with E-state index in [0.29, 0.717) is 24.2 Å². The van der Waals surface area contributed by atoms with Gasteiger partial charge in [0.2, 0.25) is 5.91 Å². The first-order chi connectivity index (χ1) is 7.74. The van der Waals surface area contributed by atoms with E-state index in [1.807, 2.05) is 0 Å². The van der Waals surface area contributed by atoms with Gasteiger partial charge in [0.1, 0.15) is 5.69 Å². The molecule has 0 radical (unpaired) electrons. The molecule has 0 saturated heterocycles. The highest BCUT2D eigenvalue weighted by molar-refractivity contribution is 5.78. The molecule has 0 saturated carbocycles. The van der Waals surface area contributed by atoms with Crippen LogP contribution in [-0.4, -0.2) is 23.7 Å². The molecule has 0 aliphatic rings. The Morgan fingerprint density at radius 1 is 1.62 bits per heavy atom. The highest BCUT2D eigenvalue weighted by atomic mass is 16.1. The number of hydrogen-bond acceptors (Lipinski definition) is 3. The number of aromatic nitrogens is 1. The molecule has 0 aliphatic carbocycles. The second-order valence-corrected chi connectivity index (χ2v) is 3.09. The predicted molar refractivity (Wildman–Crippen MR) is 59.8 cm³/mol. The highest BCUT2D eigenvalue weighted by Gasteiger charge is 1.96. The lowest BCUT2D eigenvalue weighted by molar-refractivity contribution is -0.118. The number of nitrogens with one attached hydrogen (secondary N) is 1. The zero-order valence-corrected chi connectivity index (χ0v) is 8.99. The first kappa shape index (κ1) is 11.9. The fraction of sp³-hybridized carbons (Fsp3) is 0.250. The zero-order chi connectivity index (χ0) is 11.8. The summed E-state index contributed by atoms with van der Waals surface area (Å²) in [5, 5.41) is 2.63. The number of aldehydes is 1. The van der Waals surface area contributed by atoms with Crippen molar-refractivity contribution in [3.63, 3.8) is 0 Å². The summed E-state index contributed by atoms with van der Waals surface area (Å²) in [6, 6.07) is 3.35. The van der Waals surface area contributed by atoms with Crippen LogP contribution >= 0.6 is 0 Å². The molecule has 0 unspecified atom stereocenters. The van der Waals surface area contributed by atoms with Crippen LogP contribution in [0.5, 0.6) is 0 Å². The Labute approximate surface area is 94.1 Å². The van der Waals surface area contributed by atoms with E-state index in [0.717, 1.165) is 6.29 Å². The van der Waals surface area contributed by atoms with Crippen molar-refractivity contribution in [2.45, 2.75) is 13.3 Å². The Morgan fingerprint density at radius 3 is 3.12 bits per heavy atom. The van der Waals surface area contributed by atoms with Crippen molar-refractivity contribution in [3.05, 3.63) is 29.6 Å². The minimum absolute atomic E-state index is 0.0757. The van der Waals surface area contributed by atoms with Gasteiger partial charge < -0.3 is 5.32 Å². The molecule has 1 aromatic rings. The standard InChI is InChI=1S/C12H12N2O2/c1-10(16)13-7-3-2-6-12-11(9-15)5-4-8-14-12/h4-5,8-9H,3,7H2,1H3,(H,13,16). The lowest BCUT2D eigenvalue weighted by Crippen LogP contribution is -2.20. The molecule has 1 heterocycles.